The molecule has 1 unspecified atom stereocenters. The third kappa shape index (κ3) is 43.4. The van der Waals surface area contributed by atoms with Crippen molar-refractivity contribution >= 4 is 11.9 Å². The minimum atomic E-state index is -1.12. The van der Waals surface area contributed by atoms with E-state index in [4.69, 9.17) is 9.47 Å². The highest BCUT2D eigenvalue weighted by Gasteiger charge is 2.36. The van der Waals surface area contributed by atoms with E-state index >= 15 is 0 Å². The maximum absolute atomic E-state index is 12.5. The number of esters is 2. The molecule has 1 aliphatic rings. The molecular formula is C62H118O6. The molecule has 68 heavy (non-hydrogen) atoms. The highest BCUT2D eigenvalue weighted by molar-refractivity contribution is 5.80. The molecule has 0 saturated carbocycles. The average Bonchev–Trinajstić information content (AvgIpc) is 3.40. The largest absolute Gasteiger partial charge is 0.465 e. The minimum absolute atomic E-state index is 0.00492. The van der Waals surface area contributed by atoms with E-state index in [-0.39, 0.29) is 19.6 Å². The van der Waals surface area contributed by atoms with Crippen molar-refractivity contribution in [3.63, 3.8) is 0 Å². The topological polar surface area (TPSA) is 93.1 Å². The summed E-state index contributed by atoms with van der Waals surface area (Å²) in [5, 5.41) is 19.2. The third-order valence-electron chi connectivity index (χ3n) is 15.3. The molecule has 1 heterocycles. The van der Waals surface area contributed by atoms with Crippen LogP contribution < -0.4 is 0 Å². The number of aliphatic hydroxyl groups excluding tert-OH is 2. The van der Waals surface area contributed by atoms with Gasteiger partial charge >= 0.3 is 11.9 Å². The molecule has 1 rings (SSSR count). The van der Waals surface area contributed by atoms with Crippen molar-refractivity contribution in [2.75, 3.05) is 26.4 Å². The van der Waals surface area contributed by atoms with E-state index in [0.29, 0.717) is 6.42 Å². The number of carbonyl (C=O) groups excluding carboxylic acids is 2. The molecule has 6 heteroatoms. The van der Waals surface area contributed by atoms with Crippen LogP contribution in [0.3, 0.4) is 0 Å². The number of unbranched alkanes of at least 4 members (excludes halogenated alkanes) is 47. The predicted octanol–water partition coefficient (Wildman–Crippen LogP) is 19.1. The van der Waals surface area contributed by atoms with Crippen LogP contribution in [0.25, 0.3) is 0 Å². The van der Waals surface area contributed by atoms with Crippen LogP contribution in [0.4, 0.5) is 0 Å². The van der Waals surface area contributed by atoms with E-state index < -0.39 is 36.5 Å². The van der Waals surface area contributed by atoms with Gasteiger partial charge in [-0.05, 0) is 32.1 Å². The molecule has 0 amide bonds. The van der Waals surface area contributed by atoms with Gasteiger partial charge in [-0.3, -0.25) is 9.59 Å². The summed E-state index contributed by atoms with van der Waals surface area (Å²) >= 11 is 0. The van der Waals surface area contributed by atoms with Crippen LogP contribution in [0.5, 0.6) is 0 Å². The maximum atomic E-state index is 12.5. The number of allylic oxidation sites excluding steroid dienone is 2. The molecule has 0 aromatic heterocycles. The van der Waals surface area contributed by atoms with E-state index in [1.165, 1.54) is 295 Å². The smallest absolute Gasteiger partial charge is 0.309 e. The van der Waals surface area contributed by atoms with Crippen molar-refractivity contribution in [2.45, 2.75) is 334 Å². The zero-order valence-corrected chi connectivity index (χ0v) is 45.7. The fraction of sp³-hybridized carbons (Fsp3) is 0.935. The highest BCUT2D eigenvalue weighted by atomic mass is 16.6. The summed E-state index contributed by atoms with van der Waals surface area (Å²) in [6, 6.07) is 0. The normalized spacial score (nSPS) is 15.4. The molecule has 0 radical (unpaired) electrons. The summed E-state index contributed by atoms with van der Waals surface area (Å²) in [5.41, 5.74) is -1.12. The Morgan fingerprint density at radius 1 is 0.382 bits per heavy atom. The predicted molar refractivity (Wildman–Crippen MR) is 292 cm³/mol. The van der Waals surface area contributed by atoms with Gasteiger partial charge in [0.25, 0.3) is 0 Å². The second kappa shape index (κ2) is 51.9. The minimum Gasteiger partial charge on any atom is -0.465 e. The first-order chi connectivity index (χ1) is 33.6. The monoisotopic (exact) mass is 959 g/mol. The summed E-state index contributed by atoms with van der Waals surface area (Å²) in [6.07, 6.45) is 74.2. The number of hydrogen-bond donors (Lipinski definition) is 2. The first kappa shape index (κ1) is 64.6. The first-order valence-electron chi connectivity index (χ1n) is 30.8. The molecule has 1 atom stereocenters. The van der Waals surface area contributed by atoms with Gasteiger partial charge in [0.2, 0.25) is 0 Å². The molecule has 0 aromatic rings. The Labute approximate surface area is 423 Å². The van der Waals surface area contributed by atoms with Gasteiger partial charge < -0.3 is 19.7 Å². The molecule has 1 aliphatic heterocycles. The van der Waals surface area contributed by atoms with E-state index in [0.717, 1.165) is 19.3 Å². The summed E-state index contributed by atoms with van der Waals surface area (Å²) in [5.74, 6) is -1.40. The van der Waals surface area contributed by atoms with Crippen molar-refractivity contribution in [3.05, 3.63) is 12.2 Å². The Kier molecular flexibility index (Phi) is 49.4. The van der Waals surface area contributed by atoms with Gasteiger partial charge in [0.15, 0.2) is 0 Å². The van der Waals surface area contributed by atoms with Gasteiger partial charge in [-0.1, -0.05) is 308 Å². The van der Waals surface area contributed by atoms with Crippen LogP contribution in [-0.4, -0.2) is 48.6 Å². The maximum Gasteiger partial charge on any atom is 0.309 e. The van der Waals surface area contributed by atoms with Gasteiger partial charge in [-0.15, -0.1) is 0 Å². The zero-order chi connectivity index (χ0) is 49.0. The SMILES string of the molecule is CCCCCCCCCCCCCCC/C=C/CCCCCCCCCCCCCCCCCCCCCCCCCCCCCCCCCCCCC1CC(=O)OCC(CO)(CO)COC1=O. The second-order valence-corrected chi connectivity index (χ2v) is 22.1. The van der Waals surface area contributed by atoms with Gasteiger partial charge in [0, 0.05) is 0 Å². The third-order valence-corrected chi connectivity index (χ3v) is 15.3. The Balaban J connectivity index is 1.69. The lowest BCUT2D eigenvalue weighted by Gasteiger charge is -2.27. The highest BCUT2D eigenvalue weighted by Crippen LogP contribution is 2.25. The average molecular weight is 960 g/mol. The Morgan fingerprint density at radius 2 is 0.632 bits per heavy atom. The lowest BCUT2D eigenvalue weighted by Crippen LogP contribution is -2.40. The fourth-order valence-electron chi connectivity index (χ4n) is 10.2. The van der Waals surface area contributed by atoms with Crippen LogP contribution in [0, 0.1) is 11.3 Å². The van der Waals surface area contributed by atoms with Gasteiger partial charge in [-0.2, -0.15) is 0 Å². The lowest BCUT2D eigenvalue weighted by atomic mass is 9.92. The van der Waals surface area contributed by atoms with Crippen LogP contribution in [0.1, 0.15) is 334 Å². The molecular weight excluding hydrogens is 841 g/mol. The molecule has 1 fully saturated rings. The van der Waals surface area contributed by atoms with Crippen molar-refractivity contribution in [1.29, 1.82) is 0 Å². The summed E-state index contributed by atoms with van der Waals surface area (Å²) in [4.78, 5) is 24.7. The molecule has 0 aliphatic carbocycles. The molecule has 402 valence electrons. The first-order valence-corrected chi connectivity index (χ1v) is 30.8. The molecule has 0 spiro atoms. The number of ether oxygens (including phenoxy) is 2. The van der Waals surface area contributed by atoms with E-state index in [1.807, 2.05) is 0 Å². The van der Waals surface area contributed by atoms with E-state index in [9.17, 15) is 19.8 Å². The quantitative estimate of drug-likeness (QED) is 0.0358. The molecule has 1 saturated heterocycles. The number of aliphatic hydroxyl groups is 2. The van der Waals surface area contributed by atoms with Crippen LogP contribution in [0.2, 0.25) is 0 Å². The number of cyclic esters (lactones) is 2. The second-order valence-electron chi connectivity index (χ2n) is 22.1. The van der Waals surface area contributed by atoms with Crippen LogP contribution >= 0.6 is 0 Å². The zero-order valence-electron chi connectivity index (χ0n) is 45.7. The Morgan fingerprint density at radius 3 is 0.912 bits per heavy atom. The Bertz CT molecular complexity index is 1070. The van der Waals surface area contributed by atoms with E-state index in [1.54, 1.807) is 0 Å². The Hall–Kier alpha value is -1.40. The molecule has 6 nitrogen and oxygen atoms in total. The lowest BCUT2D eigenvalue weighted by molar-refractivity contribution is -0.155. The number of hydrogen-bond acceptors (Lipinski definition) is 6. The number of carbonyl (C=O) groups is 2. The van der Waals surface area contributed by atoms with Crippen LogP contribution in [-0.2, 0) is 19.1 Å². The van der Waals surface area contributed by atoms with Crippen molar-refractivity contribution < 1.29 is 29.3 Å². The molecule has 0 aromatic carbocycles. The van der Waals surface area contributed by atoms with Crippen LogP contribution in [0.15, 0.2) is 12.2 Å². The van der Waals surface area contributed by atoms with Gasteiger partial charge in [0.1, 0.15) is 13.2 Å². The van der Waals surface area contributed by atoms with Crippen molar-refractivity contribution in [3.8, 4) is 0 Å². The van der Waals surface area contributed by atoms with Crippen molar-refractivity contribution in [2.24, 2.45) is 11.3 Å². The van der Waals surface area contributed by atoms with Crippen molar-refractivity contribution in [1.82, 2.24) is 0 Å². The molecule has 2 N–H and O–H groups in total. The summed E-state index contributed by atoms with van der Waals surface area (Å²) in [7, 11) is 0. The number of rotatable bonds is 53. The van der Waals surface area contributed by atoms with Gasteiger partial charge in [-0.25, -0.2) is 0 Å². The molecule has 0 bridgehead atoms. The van der Waals surface area contributed by atoms with E-state index in [2.05, 4.69) is 19.1 Å². The summed E-state index contributed by atoms with van der Waals surface area (Å²) < 4.78 is 10.6. The van der Waals surface area contributed by atoms with Gasteiger partial charge in [0.05, 0.1) is 31.0 Å². The fourth-order valence-corrected chi connectivity index (χ4v) is 10.2. The summed E-state index contributed by atoms with van der Waals surface area (Å²) in [6.45, 7) is 1.21. The standard InChI is InChI=1S/C62H118O6/c1-2-3-4-5-6-7-8-9-10-11-12-13-14-15-16-17-18-19-20-21-22-23-24-25-26-27-28-29-30-31-32-33-34-35-36-37-38-39-40-41-42-43-44-45-46-47-48-49-50-51-52-53-59-54-60(65)67-57-62(55-63,56-64)58-68-61(59)66/h16-17,59,63-64H,2-15,18-58H2,1H3/b17-16+.